The summed E-state index contributed by atoms with van der Waals surface area (Å²) in [7, 11) is 1.25. The fraction of sp³-hybridized carbons (Fsp3) is 0.767. The molecule has 71 heavy (non-hydrogen) atoms. The lowest BCUT2D eigenvalue weighted by Crippen LogP contribution is -2.66. The number of hydrogen-bond donors (Lipinski definition) is 14. The molecular weight excluding hydrogens is 943 g/mol. The Kier molecular flexibility index (Phi) is 22.1. The van der Waals surface area contributed by atoms with Gasteiger partial charge in [-0.3, -0.25) is 38.6 Å². The Bertz CT molecular complexity index is 2090. The molecule has 0 aliphatic carbocycles. The molecule has 3 aliphatic heterocycles. The van der Waals surface area contributed by atoms with Crippen LogP contribution in [0.2, 0.25) is 0 Å². The molecule has 1 unspecified atom stereocenters. The smallest absolute Gasteiger partial charge is 0.330 e. The van der Waals surface area contributed by atoms with Crippen LogP contribution in [-0.2, 0) is 38.1 Å². The van der Waals surface area contributed by atoms with Gasteiger partial charge in [0.2, 0.25) is 11.8 Å². The van der Waals surface area contributed by atoms with Crippen LogP contribution in [0.3, 0.4) is 0 Å². The number of guanidine groups is 1. The number of nitrogens with zero attached hydrogens (tertiary/aromatic N) is 3. The third-order valence-electron chi connectivity index (χ3n) is 12.6. The van der Waals surface area contributed by atoms with Crippen molar-refractivity contribution in [2.75, 3.05) is 39.8 Å². The van der Waals surface area contributed by atoms with Crippen LogP contribution in [0, 0.1) is 11.8 Å². The molecule has 28 nitrogen and oxygen atoms in total. The Morgan fingerprint density at radius 2 is 1.62 bits per heavy atom. The van der Waals surface area contributed by atoms with E-state index in [1.807, 2.05) is 11.9 Å². The third kappa shape index (κ3) is 15.1. The van der Waals surface area contributed by atoms with Crippen LogP contribution in [0.15, 0.2) is 26.8 Å². The number of carbonyl (C=O) groups is 5. The van der Waals surface area contributed by atoms with Crippen LogP contribution in [0.5, 0.6) is 0 Å². The highest BCUT2D eigenvalue weighted by molar-refractivity contribution is 5.94. The van der Waals surface area contributed by atoms with Gasteiger partial charge in [0, 0.05) is 45.6 Å². The third-order valence-corrected chi connectivity index (χ3v) is 12.6. The lowest BCUT2D eigenvalue weighted by atomic mass is 9.96. The minimum Gasteiger partial charge on any atom is -0.480 e. The molecule has 2 saturated heterocycles. The number of carboxylic acid groups (broad SMARTS) is 2. The molecule has 15 atom stereocenters. The molecule has 4 rings (SSSR count). The first-order valence-electron chi connectivity index (χ1n) is 23.7. The predicted octanol–water partition coefficient (Wildman–Crippen LogP) is -4.99. The van der Waals surface area contributed by atoms with E-state index in [2.05, 4.69) is 31.6 Å². The monoisotopic (exact) mass is 1020 g/mol. The highest BCUT2D eigenvalue weighted by Crippen LogP contribution is 2.36. The number of methoxy groups -OCH3 is 1. The number of unbranched alkanes of at least 4 members (excludes halogenated alkanes) is 2. The van der Waals surface area contributed by atoms with Gasteiger partial charge in [-0.25, -0.2) is 14.4 Å². The summed E-state index contributed by atoms with van der Waals surface area (Å²) in [5, 5.41) is 78.5. The maximum atomic E-state index is 14.1. The molecule has 4 amide bonds. The van der Waals surface area contributed by atoms with Crippen molar-refractivity contribution in [3.63, 3.8) is 0 Å². The lowest BCUT2D eigenvalue weighted by molar-refractivity contribution is -0.238. The van der Waals surface area contributed by atoms with Gasteiger partial charge in [0.05, 0.1) is 12.1 Å². The number of aromatic amines is 1. The standard InChI is InChI=1S/C43H73N11O17/c1-7-8-9-15-53(27(39(64)65)32(71-40-34(68-6)29(57)22(18-44)69-40)33-30(58)31(59)37(70-33)54-17-12-23(55)49-43(54)67)16-10-13-46-35(60)26(28(56)20(4)5)50-36(61)25(21-11-14-47-41(45)48-21)52-42(66)51-24(19(2)3)38(62)63/h12,17,19-22,24-34,37,40,56-59H,7-11,13-16,18,44H2,1-6H3,(H,46,60)(H,50,61)(H,62,63)(H,64,65)(H3,45,47,48)(H,49,55,67)(H2,51,52,66)/t21-,22+,24-,25-,26-,27-,28-,29+,30-,31+,32?,33-,34+,37+,40-/m0/s1. The van der Waals surface area contributed by atoms with Gasteiger partial charge in [-0.15, -0.1) is 0 Å². The number of nitrogens with two attached hydrogens (primary N) is 2. The van der Waals surface area contributed by atoms with Gasteiger partial charge in [-0.05, 0) is 37.6 Å². The van der Waals surface area contributed by atoms with E-state index in [0.29, 0.717) is 12.8 Å². The average molecular weight is 1020 g/mol. The molecule has 2 fully saturated rings. The Labute approximate surface area is 409 Å². The number of nitrogens with one attached hydrogen (secondary N) is 6. The number of aliphatic carboxylic acids is 2. The molecule has 28 heteroatoms. The minimum atomic E-state index is -1.91. The van der Waals surface area contributed by atoms with Gasteiger partial charge in [0.15, 0.2) is 18.5 Å². The molecular formula is C43H73N11O17. The van der Waals surface area contributed by atoms with Crippen LogP contribution < -0.4 is 49.3 Å². The number of carbonyl (C=O) groups excluding carboxylic acids is 3. The summed E-state index contributed by atoms with van der Waals surface area (Å²) in [6, 6.07) is -7.02. The van der Waals surface area contributed by atoms with Gasteiger partial charge in [0.1, 0.15) is 66.9 Å². The van der Waals surface area contributed by atoms with Gasteiger partial charge >= 0.3 is 23.7 Å². The number of amides is 4. The molecule has 16 N–H and O–H groups in total. The number of aliphatic imine (C=N–C) groups is 1. The number of ether oxygens (including phenoxy) is 4. The van der Waals surface area contributed by atoms with Gasteiger partial charge < -0.3 is 87.6 Å². The first-order valence-corrected chi connectivity index (χ1v) is 23.7. The maximum Gasteiger partial charge on any atom is 0.330 e. The van der Waals surface area contributed by atoms with Crippen LogP contribution in [0.25, 0.3) is 0 Å². The SMILES string of the molecule is CCCCCN(CCCNC(=O)[C@@H](NC(=O)[C@@H](NC(=O)N[C@H](C(=O)O)C(C)C)[C@@H]1CCN=C(N)N1)[C@@H](O)C(C)C)[C@H](C(=O)O)C(O[C@@H]1O[C@H](CN)[C@@H](O)[C@H]1OC)[C@H]1O[C@@H](n2ccc(=O)[nH]c2=O)[C@H](O)[C@@H]1O. The van der Waals surface area contributed by atoms with Crippen LogP contribution in [0.1, 0.15) is 73.0 Å². The highest BCUT2D eigenvalue weighted by Gasteiger charge is 2.55. The number of urea groups is 1. The second-order valence-electron chi connectivity index (χ2n) is 18.4. The Balaban J connectivity index is 1.61. The number of aromatic nitrogens is 2. The zero-order chi connectivity index (χ0) is 52.9. The second-order valence-corrected chi connectivity index (χ2v) is 18.4. The number of aliphatic hydroxyl groups excluding tert-OH is 4. The summed E-state index contributed by atoms with van der Waals surface area (Å²) >= 11 is 0. The van der Waals surface area contributed by atoms with Gasteiger partial charge in [0.25, 0.3) is 5.56 Å². The van der Waals surface area contributed by atoms with Crippen molar-refractivity contribution >= 4 is 35.7 Å². The largest absolute Gasteiger partial charge is 0.480 e. The summed E-state index contributed by atoms with van der Waals surface area (Å²) in [4.78, 5) is 98.8. The number of aliphatic hydroxyl groups is 4. The van der Waals surface area contributed by atoms with Gasteiger partial charge in [-0.1, -0.05) is 47.5 Å². The average Bonchev–Trinajstić information content (AvgIpc) is 3.78. The molecule has 3 aliphatic rings. The zero-order valence-electron chi connectivity index (χ0n) is 40.7. The zero-order valence-corrected chi connectivity index (χ0v) is 40.7. The molecule has 0 saturated carbocycles. The quantitative estimate of drug-likeness (QED) is 0.0367. The summed E-state index contributed by atoms with van der Waals surface area (Å²) in [5.74, 6) is -5.74. The molecule has 1 aromatic heterocycles. The fourth-order valence-corrected chi connectivity index (χ4v) is 8.62. The molecule has 0 radical (unpaired) electrons. The van der Waals surface area contributed by atoms with Crippen molar-refractivity contribution in [3.05, 3.63) is 33.1 Å². The number of hydrogen-bond acceptors (Lipinski definition) is 20. The second kappa shape index (κ2) is 26.9. The van der Waals surface area contributed by atoms with Crippen molar-refractivity contribution in [2.24, 2.45) is 28.3 Å². The number of rotatable bonds is 27. The van der Waals surface area contributed by atoms with Crippen molar-refractivity contribution in [1.82, 2.24) is 41.0 Å². The summed E-state index contributed by atoms with van der Waals surface area (Å²) in [5.41, 5.74) is 9.96. The minimum absolute atomic E-state index is 0.0308. The molecule has 0 spiro atoms. The molecule has 402 valence electrons. The van der Waals surface area contributed by atoms with Crippen molar-refractivity contribution < 1.29 is 73.6 Å². The molecule has 0 bridgehead atoms. The van der Waals surface area contributed by atoms with Crippen molar-refractivity contribution in [2.45, 2.75) is 158 Å². The van der Waals surface area contributed by atoms with E-state index in [1.54, 1.807) is 27.7 Å². The van der Waals surface area contributed by atoms with E-state index in [0.717, 1.165) is 23.3 Å². The van der Waals surface area contributed by atoms with E-state index < -0.39 is 144 Å². The maximum absolute atomic E-state index is 14.1. The number of H-pyrrole nitrogens is 1. The molecule has 1 aromatic rings. The highest BCUT2D eigenvalue weighted by atomic mass is 16.7. The first-order chi connectivity index (χ1) is 33.6. The summed E-state index contributed by atoms with van der Waals surface area (Å²) in [6.45, 7) is 8.11. The first kappa shape index (κ1) is 58.3. The summed E-state index contributed by atoms with van der Waals surface area (Å²) < 4.78 is 24.5. The van der Waals surface area contributed by atoms with E-state index in [4.69, 9.17) is 30.4 Å². The topological polar surface area (TPSA) is 426 Å². The lowest BCUT2D eigenvalue weighted by Gasteiger charge is -2.39. The Morgan fingerprint density at radius 3 is 2.20 bits per heavy atom. The van der Waals surface area contributed by atoms with E-state index >= 15 is 0 Å². The van der Waals surface area contributed by atoms with E-state index in [-0.39, 0.29) is 51.5 Å². The molecule has 4 heterocycles. The van der Waals surface area contributed by atoms with E-state index in [9.17, 15) is 64.2 Å². The summed E-state index contributed by atoms with van der Waals surface area (Å²) in [6.07, 6.45) is -12.4. The Morgan fingerprint density at radius 1 is 0.930 bits per heavy atom. The van der Waals surface area contributed by atoms with Crippen molar-refractivity contribution in [1.29, 1.82) is 0 Å². The molecule has 0 aromatic carbocycles. The normalized spacial score (nSPS) is 27.0. The number of carboxylic acids is 2. The van der Waals surface area contributed by atoms with Crippen molar-refractivity contribution in [3.8, 4) is 0 Å². The van der Waals surface area contributed by atoms with Gasteiger partial charge in [-0.2, -0.15) is 0 Å². The Hall–Kier alpha value is -5.30. The van der Waals surface area contributed by atoms with Crippen LogP contribution in [-0.4, -0.2) is 206 Å². The van der Waals surface area contributed by atoms with Crippen LogP contribution >= 0.6 is 0 Å². The van der Waals surface area contributed by atoms with E-state index in [1.165, 1.54) is 12.0 Å². The fourth-order valence-electron chi connectivity index (χ4n) is 8.62. The predicted molar refractivity (Wildman–Crippen MR) is 249 cm³/mol. The van der Waals surface area contributed by atoms with Crippen LogP contribution in [0.4, 0.5) is 4.79 Å².